The maximum Gasteiger partial charge on any atom is -0.0230 e. The van der Waals surface area contributed by atoms with Gasteiger partial charge in [0.25, 0.3) is 0 Å². The molecular formula is C13H18. The zero-order chi connectivity index (χ0) is 9.84. The molecular weight excluding hydrogens is 156 g/mol. The highest BCUT2D eigenvalue weighted by Crippen LogP contribution is 2.18. The molecule has 0 nitrogen and oxygen atoms in total. The summed E-state index contributed by atoms with van der Waals surface area (Å²) >= 11 is 0. The van der Waals surface area contributed by atoms with Gasteiger partial charge in [-0.15, -0.1) is 0 Å². The first kappa shape index (κ1) is 10.0. The van der Waals surface area contributed by atoms with Crippen LogP contribution in [0.2, 0.25) is 0 Å². The molecule has 0 aliphatic carbocycles. The van der Waals surface area contributed by atoms with Crippen LogP contribution >= 0.6 is 0 Å². The Labute approximate surface area is 81.3 Å². The Hall–Kier alpha value is -1.04. The summed E-state index contributed by atoms with van der Waals surface area (Å²) < 4.78 is 0. The molecule has 0 atom stereocenters. The number of benzene rings is 1. The van der Waals surface area contributed by atoms with Crippen LogP contribution in [-0.4, -0.2) is 0 Å². The van der Waals surface area contributed by atoms with Crippen molar-refractivity contribution in [3.63, 3.8) is 0 Å². The van der Waals surface area contributed by atoms with Crippen LogP contribution in [0.15, 0.2) is 24.8 Å². The lowest BCUT2D eigenvalue weighted by Gasteiger charge is -2.08. The summed E-state index contributed by atoms with van der Waals surface area (Å²) in [7, 11) is 0. The number of hydrogen-bond donors (Lipinski definition) is 0. The molecule has 0 N–H and O–H groups in total. The molecule has 0 saturated carbocycles. The Morgan fingerprint density at radius 2 is 1.77 bits per heavy atom. The van der Waals surface area contributed by atoms with Gasteiger partial charge in [0, 0.05) is 0 Å². The molecule has 0 unspecified atom stereocenters. The largest absolute Gasteiger partial charge is 0.0955 e. The van der Waals surface area contributed by atoms with Gasteiger partial charge in [-0.1, -0.05) is 44.2 Å². The lowest BCUT2D eigenvalue weighted by atomic mass is 9.98. The van der Waals surface area contributed by atoms with Gasteiger partial charge in [-0.3, -0.25) is 0 Å². The average molecular weight is 174 g/mol. The molecule has 0 amide bonds. The fourth-order valence-corrected chi connectivity index (χ4v) is 1.57. The van der Waals surface area contributed by atoms with Gasteiger partial charge in [-0.2, -0.15) is 0 Å². The summed E-state index contributed by atoms with van der Waals surface area (Å²) in [6.45, 7) is 10.4. The topological polar surface area (TPSA) is 0 Å². The van der Waals surface area contributed by atoms with Crippen molar-refractivity contribution in [2.45, 2.75) is 33.6 Å². The van der Waals surface area contributed by atoms with Gasteiger partial charge in [0.15, 0.2) is 0 Å². The lowest BCUT2D eigenvalue weighted by molar-refractivity contribution is 1.04. The molecule has 0 aliphatic heterocycles. The fraction of sp³-hybridized carbons (Fsp3) is 0.385. The first-order valence-corrected chi connectivity index (χ1v) is 4.96. The third-order valence-electron chi connectivity index (χ3n) is 2.46. The molecule has 0 aromatic heterocycles. The Bertz CT molecular complexity index is 308. The minimum atomic E-state index is 1.12. The molecule has 0 bridgehead atoms. The molecule has 0 aliphatic rings. The molecule has 13 heavy (non-hydrogen) atoms. The van der Waals surface area contributed by atoms with E-state index in [-0.39, 0.29) is 0 Å². The Morgan fingerprint density at radius 3 is 2.23 bits per heavy atom. The zero-order valence-corrected chi connectivity index (χ0v) is 8.85. The summed E-state index contributed by atoms with van der Waals surface area (Å²) in [5, 5.41) is 0. The summed E-state index contributed by atoms with van der Waals surface area (Å²) in [5.41, 5.74) is 5.35. The molecule has 0 spiro atoms. The van der Waals surface area contributed by atoms with E-state index in [1.165, 1.54) is 16.7 Å². The summed E-state index contributed by atoms with van der Waals surface area (Å²) in [6.07, 6.45) is 2.24. The SMILES string of the molecule is C=C(C)c1ccc(CC)c(CC)c1. The second kappa shape index (κ2) is 4.27. The van der Waals surface area contributed by atoms with Crippen LogP contribution < -0.4 is 0 Å². The van der Waals surface area contributed by atoms with Crippen molar-refractivity contribution < 1.29 is 0 Å². The zero-order valence-electron chi connectivity index (χ0n) is 8.85. The van der Waals surface area contributed by atoms with Gasteiger partial charge in [0.05, 0.1) is 0 Å². The number of rotatable bonds is 3. The van der Waals surface area contributed by atoms with E-state index in [4.69, 9.17) is 0 Å². The maximum atomic E-state index is 3.96. The Kier molecular flexibility index (Phi) is 3.30. The highest BCUT2D eigenvalue weighted by molar-refractivity contribution is 5.62. The Balaban J connectivity index is 3.13. The number of allylic oxidation sites excluding steroid dienone is 1. The van der Waals surface area contributed by atoms with Crippen molar-refractivity contribution in [1.29, 1.82) is 0 Å². The van der Waals surface area contributed by atoms with E-state index < -0.39 is 0 Å². The minimum absolute atomic E-state index is 1.12. The van der Waals surface area contributed by atoms with Gasteiger partial charge < -0.3 is 0 Å². The predicted molar refractivity (Wildman–Crippen MR) is 59.9 cm³/mol. The standard InChI is InChI=1S/C13H18/c1-5-11-7-8-13(10(3)4)9-12(11)6-2/h7-9H,3,5-6H2,1-2,4H3. The summed E-state index contributed by atoms with van der Waals surface area (Å²) in [5.74, 6) is 0. The van der Waals surface area contributed by atoms with Crippen molar-refractivity contribution in [3.05, 3.63) is 41.5 Å². The van der Waals surface area contributed by atoms with Crippen LogP contribution in [0.4, 0.5) is 0 Å². The lowest BCUT2D eigenvalue weighted by Crippen LogP contribution is -1.92. The third-order valence-corrected chi connectivity index (χ3v) is 2.46. The monoisotopic (exact) mass is 174 g/mol. The normalized spacial score (nSPS) is 10.1. The van der Waals surface area contributed by atoms with Gasteiger partial charge in [-0.05, 0) is 36.5 Å². The molecule has 70 valence electrons. The molecule has 0 saturated heterocycles. The van der Waals surface area contributed by atoms with Gasteiger partial charge in [0.2, 0.25) is 0 Å². The van der Waals surface area contributed by atoms with Gasteiger partial charge in [0.1, 0.15) is 0 Å². The van der Waals surface area contributed by atoms with E-state index in [9.17, 15) is 0 Å². The van der Waals surface area contributed by atoms with Gasteiger partial charge in [-0.25, -0.2) is 0 Å². The van der Waals surface area contributed by atoms with E-state index in [0.29, 0.717) is 0 Å². The fourth-order valence-electron chi connectivity index (χ4n) is 1.57. The molecule has 0 heterocycles. The smallest absolute Gasteiger partial charge is 0.0230 e. The van der Waals surface area contributed by atoms with Crippen LogP contribution in [-0.2, 0) is 12.8 Å². The molecule has 0 radical (unpaired) electrons. The van der Waals surface area contributed by atoms with Crippen LogP contribution in [0.5, 0.6) is 0 Å². The van der Waals surface area contributed by atoms with E-state index in [2.05, 4.69) is 45.5 Å². The van der Waals surface area contributed by atoms with Gasteiger partial charge >= 0.3 is 0 Å². The van der Waals surface area contributed by atoms with E-state index >= 15 is 0 Å². The summed E-state index contributed by atoms with van der Waals surface area (Å²) in [6, 6.07) is 6.66. The predicted octanol–water partition coefficient (Wildman–Crippen LogP) is 3.84. The second-order valence-corrected chi connectivity index (χ2v) is 3.47. The second-order valence-electron chi connectivity index (χ2n) is 3.47. The molecule has 1 aromatic carbocycles. The van der Waals surface area contributed by atoms with Crippen molar-refractivity contribution in [1.82, 2.24) is 0 Å². The molecule has 1 rings (SSSR count). The van der Waals surface area contributed by atoms with Crippen molar-refractivity contribution in [3.8, 4) is 0 Å². The molecule has 1 aromatic rings. The van der Waals surface area contributed by atoms with Crippen molar-refractivity contribution in [2.75, 3.05) is 0 Å². The highest BCUT2D eigenvalue weighted by Gasteiger charge is 2.00. The van der Waals surface area contributed by atoms with Crippen LogP contribution in [0, 0.1) is 0 Å². The van der Waals surface area contributed by atoms with Crippen LogP contribution in [0.3, 0.4) is 0 Å². The van der Waals surface area contributed by atoms with Crippen molar-refractivity contribution >= 4 is 5.57 Å². The quantitative estimate of drug-likeness (QED) is 0.653. The molecule has 0 heteroatoms. The van der Waals surface area contributed by atoms with Crippen LogP contribution in [0.25, 0.3) is 5.57 Å². The average Bonchev–Trinajstić information content (AvgIpc) is 2.16. The number of aryl methyl sites for hydroxylation is 2. The van der Waals surface area contributed by atoms with E-state index in [1.54, 1.807) is 0 Å². The highest BCUT2D eigenvalue weighted by atomic mass is 14.1. The minimum Gasteiger partial charge on any atom is -0.0955 e. The van der Waals surface area contributed by atoms with E-state index in [1.807, 2.05) is 0 Å². The Morgan fingerprint density at radius 1 is 1.15 bits per heavy atom. The summed E-state index contributed by atoms with van der Waals surface area (Å²) in [4.78, 5) is 0. The first-order valence-electron chi connectivity index (χ1n) is 4.96. The molecule has 0 fully saturated rings. The van der Waals surface area contributed by atoms with Crippen LogP contribution in [0.1, 0.15) is 37.5 Å². The van der Waals surface area contributed by atoms with E-state index in [0.717, 1.165) is 18.4 Å². The third kappa shape index (κ3) is 2.21. The maximum absolute atomic E-state index is 3.96. The first-order chi connectivity index (χ1) is 6.19. The van der Waals surface area contributed by atoms with Crippen molar-refractivity contribution in [2.24, 2.45) is 0 Å². The number of hydrogen-bond acceptors (Lipinski definition) is 0.